The number of nitro benzene ring substituents is 1. The van der Waals surface area contributed by atoms with E-state index in [1.54, 1.807) is 12.1 Å². The number of nitrogens with one attached hydrogen (secondary N) is 1. The molecule has 3 aromatic rings. The van der Waals surface area contributed by atoms with Gasteiger partial charge >= 0.3 is 0 Å². The van der Waals surface area contributed by atoms with Crippen LogP contribution < -0.4 is 10.1 Å². The zero-order valence-corrected chi connectivity index (χ0v) is 22.4. The summed E-state index contributed by atoms with van der Waals surface area (Å²) in [7, 11) is 0. The summed E-state index contributed by atoms with van der Waals surface area (Å²) in [5.74, 6) is 0.145. The van der Waals surface area contributed by atoms with Crippen molar-refractivity contribution in [2.24, 2.45) is 0 Å². The number of non-ortho nitro benzene ring substituents is 1. The van der Waals surface area contributed by atoms with Crippen molar-refractivity contribution in [2.75, 3.05) is 5.32 Å². The fourth-order valence-corrected chi connectivity index (χ4v) is 5.18. The van der Waals surface area contributed by atoms with Gasteiger partial charge < -0.3 is 10.1 Å². The van der Waals surface area contributed by atoms with Gasteiger partial charge in [-0.2, -0.15) is 5.26 Å². The highest BCUT2D eigenvalue weighted by Gasteiger charge is 2.13. The zero-order chi connectivity index (χ0) is 24.7. The van der Waals surface area contributed by atoms with Crippen molar-refractivity contribution in [2.45, 2.75) is 20.0 Å². The summed E-state index contributed by atoms with van der Waals surface area (Å²) in [4.78, 5) is 23.1. The largest absolute Gasteiger partial charge is 0.487 e. The normalized spacial score (nSPS) is 10.9. The molecular weight excluding hydrogens is 660 g/mol. The highest BCUT2D eigenvalue weighted by atomic mass is 127. The Hall–Kier alpha value is -2.98. The van der Waals surface area contributed by atoms with Gasteiger partial charge in [-0.05, 0) is 98.6 Å². The van der Waals surface area contributed by atoms with Gasteiger partial charge in [0.05, 0.1) is 12.1 Å². The van der Waals surface area contributed by atoms with Gasteiger partial charge in [0.15, 0.2) is 0 Å². The first-order chi connectivity index (χ1) is 16.3. The Balaban J connectivity index is 1.75. The van der Waals surface area contributed by atoms with Crippen molar-refractivity contribution in [1.82, 2.24) is 0 Å². The Morgan fingerprint density at radius 1 is 1.12 bits per heavy atom. The van der Waals surface area contributed by atoms with Gasteiger partial charge in [0.25, 0.3) is 11.6 Å². The highest BCUT2D eigenvalue weighted by Crippen LogP contribution is 2.31. The van der Waals surface area contributed by atoms with Crippen LogP contribution in [-0.4, -0.2) is 10.8 Å². The number of nitriles is 1. The zero-order valence-electron chi connectivity index (χ0n) is 18.0. The second kappa shape index (κ2) is 11.9. The molecule has 0 saturated carbocycles. The minimum absolute atomic E-state index is 0.00888. The molecule has 0 heterocycles. The first kappa shape index (κ1) is 25.6. The quantitative estimate of drug-likeness (QED) is 0.0964. The van der Waals surface area contributed by atoms with Crippen LogP contribution in [0.25, 0.3) is 6.08 Å². The summed E-state index contributed by atoms with van der Waals surface area (Å²) in [6.45, 7) is 2.22. The standard InChI is InChI=1S/C25H19I2N3O4/c1-2-16-6-8-20(9-7-16)29-25(31)19(14-28)10-18-12-22(26)24(23(27)13-18)34-15-17-4-3-5-21(11-17)30(32)33/h3-13H,2,15H2,1H3,(H,29,31). The molecular formula is C25H19I2N3O4. The van der Waals surface area contributed by atoms with Crippen LogP contribution in [0.4, 0.5) is 11.4 Å². The SMILES string of the molecule is CCc1ccc(NC(=O)C(C#N)=Cc2cc(I)c(OCc3cccc([N+](=O)[O-])c3)c(I)c2)cc1. The summed E-state index contributed by atoms with van der Waals surface area (Å²) in [6.07, 6.45) is 2.43. The van der Waals surface area contributed by atoms with Crippen LogP contribution >= 0.6 is 45.2 Å². The molecule has 0 aromatic heterocycles. The van der Waals surface area contributed by atoms with Gasteiger partial charge in [-0.25, -0.2) is 0 Å². The number of benzene rings is 3. The maximum Gasteiger partial charge on any atom is 0.269 e. The number of anilines is 1. The fraction of sp³-hybridized carbons (Fsp3) is 0.120. The maximum absolute atomic E-state index is 12.6. The molecule has 0 spiro atoms. The van der Waals surface area contributed by atoms with Crippen molar-refractivity contribution >= 4 is 68.5 Å². The molecule has 0 bridgehead atoms. The van der Waals surface area contributed by atoms with Crippen LogP contribution in [0.15, 0.2) is 66.2 Å². The number of rotatable bonds is 8. The number of ether oxygens (including phenoxy) is 1. The van der Waals surface area contributed by atoms with E-state index >= 15 is 0 Å². The monoisotopic (exact) mass is 679 g/mol. The van der Waals surface area contributed by atoms with E-state index in [0.29, 0.717) is 22.6 Å². The van der Waals surface area contributed by atoms with Crippen LogP contribution in [-0.2, 0) is 17.8 Å². The van der Waals surface area contributed by atoms with E-state index in [9.17, 15) is 20.2 Å². The molecule has 172 valence electrons. The van der Waals surface area contributed by atoms with E-state index in [1.165, 1.54) is 18.2 Å². The van der Waals surface area contributed by atoms with Gasteiger partial charge in [-0.15, -0.1) is 0 Å². The summed E-state index contributed by atoms with van der Waals surface area (Å²) in [6, 6.07) is 19.4. The second-order valence-corrected chi connectivity index (χ2v) is 9.53. The van der Waals surface area contributed by atoms with Crippen LogP contribution in [0.3, 0.4) is 0 Å². The van der Waals surface area contributed by atoms with E-state index < -0.39 is 10.8 Å². The van der Waals surface area contributed by atoms with Gasteiger partial charge in [-0.3, -0.25) is 14.9 Å². The number of carbonyl (C=O) groups excluding carboxylic acids is 1. The average molecular weight is 679 g/mol. The molecule has 3 aromatic carbocycles. The number of amides is 1. The van der Waals surface area contributed by atoms with Gasteiger partial charge in [-0.1, -0.05) is 31.2 Å². The molecule has 34 heavy (non-hydrogen) atoms. The van der Waals surface area contributed by atoms with Gasteiger partial charge in [0, 0.05) is 17.8 Å². The van der Waals surface area contributed by atoms with Crippen LogP contribution in [0.2, 0.25) is 0 Å². The number of nitro groups is 1. The molecule has 1 amide bonds. The van der Waals surface area contributed by atoms with Crippen molar-refractivity contribution in [3.05, 3.63) is 100 Å². The number of aryl methyl sites for hydroxylation is 1. The Bertz CT molecular complexity index is 1280. The second-order valence-electron chi connectivity index (χ2n) is 7.20. The maximum atomic E-state index is 12.6. The summed E-state index contributed by atoms with van der Waals surface area (Å²) in [5.41, 5.74) is 3.14. The smallest absolute Gasteiger partial charge is 0.269 e. The molecule has 3 rings (SSSR count). The number of hydrogen-bond donors (Lipinski definition) is 1. The molecule has 0 aliphatic rings. The van der Waals surface area contributed by atoms with E-state index in [2.05, 4.69) is 57.4 Å². The first-order valence-corrected chi connectivity index (χ1v) is 12.3. The number of halogens is 2. The molecule has 9 heteroatoms. The number of nitrogens with zero attached hydrogens (tertiary/aromatic N) is 2. The predicted molar refractivity (Wildman–Crippen MR) is 147 cm³/mol. The van der Waals surface area contributed by atoms with Crippen LogP contribution in [0.1, 0.15) is 23.6 Å². The summed E-state index contributed by atoms with van der Waals surface area (Å²) < 4.78 is 7.49. The third-order valence-corrected chi connectivity index (χ3v) is 6.42. The predicted octanol–water partition coefficient (Wildman–Crippen LogP) is 6.49. The third-order valence-electron chi connectivity index (χ3n) is 4.82. The molecule has 1 N–H and O–H groups in total. The van der Waals surface area contributed by atoms with Crippen molar-refractivity contribution in [3.63, 3.8) is 0 Å². The van der Waals surface area contributed by atoms with E-state index in [-0.39, 0.29) is 17.9 Å². The minimum Gasteiger partial charge on any atom is -0.487 e. The Morgan fingerprint density at radius 2 is 1.79 bits per heavy atom. The lowest BCUT2D eigenvalue weighted by Gasteiger charge is -2.12. The number of hydrogen-bond acceptors (Lipinski definition) is 5. The lowest BCUT2D eigenvalue weighted by Crippen LogP contribution is -2.13. The number of carbonyl (C=O) groups is 1. The van der Waals surface area contributed by atoms with Crippen molar-refractivity contribution in [1.29, 1.82) is 5.26 Å². The molecule has 0 aliphatic carbocycles. The molecule has 0 saturated heterocycles. The molecule has 7 nitrogen and oxygen atoms in total. The third kappa shape index (κ3) is 6.77. The van der Waals surface area contributed by atoms with Crippen molar-refractivity contribution < 1.29 is 14.5 Å². The highest BCUT2D eigenvalue weighted by molar-refractivity contribution is 14.1. The van der Waals surface area contributed by atoms with Crippen LogP contribution in [0, 0.1) is 28.6 Å². The molecule has 0 radical (unpaired) electrons. The summed E-state index contributed by atoms with van der Waals surface area (Å²) in [5, 5.41) is 23.2. The fourth-order valence-electron chi connectivity index (χ4n) is 3.05. The molecule has 0 atom stereocenters. The lowest BCUT2D eigenvalue weighted by atomic mass is 10.1. The van der Waals surface area contributed by atoms with Crippen molar-refractivity contribution in [3.8, 4) is 11.8 Å². The Kier molecular flexibility index (Phi) is 9.00. The van der Waals surface area contributed by atoms with E-state index in [0.717, 1.165) is 19.1 Å². The van der Waals surface area contributed by atoms with Crippen LogP contribution in [0.5, 0.6) is 5.75 Å². The minimum atomic E-state index is -0.484. The molecule has 0 unspecified atom stereocenters. The molecule has 0 fully saturated rings. The topological polar surface area (TPSA) is 105 Å². The Labute approximate surface area is 224 Å². The lowest BCUT2D eigenvalue weighted by molar-refractivity contribution is -0.384. The first-order valence-electron chi connectivity index (χ1n) is 10.2. The molecule has 0 aliphatic heterocycles. The van der Waals surface area contributed by atoms with E-state index in [4.69, 9.17) is 4.74 Å². The van der Waals surface area contributed by atoms with Gasteiger partial charge in [0.2, 0.25) is 0 Å². The van der Waals surface area contributed by atoms with Gasteiger partial charge in [0.1, 0.15) is 24.0 Å². The summed E-state index contributed by atoms with van der Waals surface area (Å²) >= 11 is 4.24. The Morgan fingerprint density at radius 3 is 2.38 bits per heavy atom. The van der Waals surface area contributed by atoms with E-state index in [1.807, 2.05) is 42.5 Å². The average Bonchev–Trinajstić information content (AvgIpc) is 2.82.